The molecule has 8 heteroatoms. The molecule has 0 aliphatic heterocycles. The van der Waals surface area contributed by atoms with Crippen LogP contribution in [0.5, 0.6) is 17.2 Å². The average molecular weight is 337 g/mol. The molecule has 3 rings (SSSR count). The Bertz CT molecular complexity index is 886. The van der Waals surface area contributed by atoms with Crippen LogP contribution < -0.4 is 20.5 Å². The largest absolute Gasteiger partial charge is 0.497 e. The summed E-state index contributed by atoms with van der Waals surface area (Å²) >= 11 is 0. The summed E-state index contributed by atoms with van der Waals surface area (Å²) in [5.74, 6) is 1.06. The molecular weight excluding hydrogens is 322 g/mol. The molecule has 2 heterocycles. The molecule has 0 fully saturated rings. The van der Waals surface area contributed by atoms with Gasteiger partial charge in [-0.05, 0) is 12.1 Å². The van der Waals surface area contributed by atoms with Crippen molar-refractivity contribution in [3.63, 3.8) is 0 Å². The first-order valence-electron chi connectivity index (χ1n) is 7.29. The van der Waals surface area contributed by atoms with E-state index < -0.39 is 5.91 Å². The number of ether oxygens (including phenoxy) is 2. The average Bonchev–Trinajstić information content (AvgIpc) is 2.62. The van der Waals surface area contributed by atoms with Gasteiger partial charge in [0.1, 0.15) is 23.5 Å². The fourth-order valence-electron chi connectivity index (χ4n) is 2.08. The van der Waals surface area contributed by atoms with Gasteiger partial charge in [-0.2, -0.15) is 0 Å². The molecule has 0 saturated carbocycles. The van der Waals surface area contributed by atoms with E-state index in [2.05, 4.69) is 20.3 Å². The standard InChI is InChI=1S/C17H15N5O3/c1-24-13-2-3-21-16(7-13)17(23)22-12-4-11(18)5-14(6-12)25-15-8-19-10-20-9-15/h2-10H,18H2,1H3,(H,22,23). The Hall–Kier alpha value is -3.68. The molecule has 1 aromatic carbocycles. The quantitative estimate of drug-likeness (QED) is 0.688. The molecular formula is C17H15N5O3. The highest BCUT2D eigenvalue weighted by atomic mass is 16.5. The number of carbonyl (C=O) groups excluding carboxylic acids is 1. The highest BCUT2D eigenvalue weighted by Crippen LogP contribution is 2.27. The minimum Gasteiger partial charge on any atom is -0.497 e. The molecule has 1 amide bonds. The third-order valence-electron chi connectivity index (χ3n) is 3.16. The lowest BCUT2D eigenvalue weighted by Crippen LogP contribution is -2.13. The summed E-state index contributed by atoms with van der Waals surface area (Å²) in [4.78, 5) is 24.1. The maximum absolute atomic E-state index is 12.3. The molecule has 25 heavy (non-hydrogen) atoms. The van der Waals surface area contributed by atoms with Crippen molar-refractivity contribution in [2.45, 2.75) is 0 Å². The number of benzene rings is 1. The Balaban J connectivity index is 1.79. The van der Waals surface area contributed by atoms with Gasteiger partial charge in [0.2, 0.25) is 0 Å². The summed E-state index contributed by atoms with van der Waals surface area (Å²) in [5.41, 5.74) is 7.00. The van der Waals surface area contributed by atoms with Crippen molar-refractivity contribution in [2.24, 2.45) is 0 Å². The maximum atomic E-state index is 12.3. The third-order valence-corrected chi connectivity index (χ3v) is 3.16. The summed E-state index contributed by atoms with van der Waals surface area (Å²) in [5, 5.41) is 2.73. The molecule has 8 nitrogen and oxygen atoms in total. The van der Waals surface area contributed by atoms with Gasteiger partial charge in [-0.1, -0.05) is 0 Å². The number of pyridine rings is 1. The van der Waals surface area contributed by atoms with Crippen LogP contribution in [0.15, 0.2) is 55.2 Å². The molecule has 2 aromatic heterocycles. The first-order chi connectivity index (χ1) is 12.1. The number of amides is 1. The van der Waals surface area contributed by atoms with E-state index in [4.69, 9.17) is 15.2 Å². The van der Waals surface area contributed by atoms with Gasteiger partial charge in [-0.15, -0.1) is 0 Å². The lowest BCUT2D eigenvalue weighted by atomic mass is 10.2. The molecule has 0 aliphatic rings. The molecule has 0 atom stereocenters. The van der Waals surface area contributed by atoms with Crippen LogP contribution in [0.1, 0.15) is 10.5 Å². The zero-order valence-corrected chi connectivity index (χ0v) is 13.3. The van der Waals surface area contributed by atoms with Gasteiger partial charge in [0.05, 0.1) is 19.5 Å². The van der Waals surface area contributed by atoms with Gasteiger partial charge in [0.25, 0.3) is 5.91 Å². The van der Waals surface area contributed by atoms with Gasteiger partial charge < -0.3 is 20.5 Å². The lowest BCUT2D eigenvalue weighted by molar-refractivity contribution is 0.102. The van der Waals surface area contributed by atoms with Gasteiger partial charge >= 0.3 is 0 Å². The van der Waals surface area contributed by atoms with E-state index in [0.29, 0.717) is 28.6 Å². The van der Waals surface area contributed by atoms with Crippen LogP contribution in [-0.4, -0.2) is 28.0 Å². The first-order valence-corrected chi connectivity index (χ1v) is 7.29. The molecule has 3 N–H and O–H groups in total. The van der Waals surface area contributed by atoms with Crippen molar-refractivity contribution in [1.29, 1.82) is 0 Å². The number of hydrogen-bond donors (Lipinski definition) is 2. The summed E-state index contributed by atoms with van der Waals surface area (Å²) in [6.45, 7) is 0. The van der Waals surface area contributed by atoms with Crippen LogP contribution in [0.4, 0.5) is 11.4 Å². The molecule has 126 valence electrons. The number of methoxy groups -OCH3 is 1. The lowest BCUT2D eigenvalue weighted by Gasteiger charge is -2.10. The maximum Gasteiger partial charge on any atom is 0.274 e. The van der Waals surface area contributed by atoms with Crippen molar-refractivity contribution >= 4 is 17.3 Å². The van der Waals surface area contributed by atoms with Crippen molar-refractivity contribution in [3.8, 4) is 17.2 Å². The van der Waals surface area contributed by atoms with Crippen molar-refractivity contribution in [3.05, 3.63) is 60.9 Å². The number of nitrogens with one attached hydrogen (secondary N) is 1. The fourth-order valence-corrected chi connectivity index (χ4v) is 2.08. The Morgan fingerprint density at radius 1 is 1.08 bits per heavy atom. The highest BCUT2D eigenvalue weighted by molar-refractivity contribution is 6.03. The number of anilines is 2. The second-order valence-corrected chi connectivity index (χ2v) is 5.00. The van der Waals surface area contributed by atoms with E-state index in [1.807, 2.05) is 0 Å². The van der Waals surface area contributed by atoms with Gasteiger partial charge in [-0.3, -0.25) is 9.78 Å². The van der Waals surface area contributed by atoms with E-state index in [0.717, 1.165) is 0 Å². The molecule has 0 aliphatic carbocycles. The van der Waals surface area contributed by atoms with Crippen LogP contribution in [0.25, 0.3) is 0 Å². The molecule has 0 unspecified atom stereocenters. The Morgan fingerprint density at radius 2 is 1.88 bits per heavy atom. The highest BCUT2D eigenvalue weighted by Gasteiger charge is 2.10. The van der Waals surface area contributed by atoms with Gasteiger partial charge in [-0.25, -0.2) is 9.97 Å². The Labute approximate surface area is 143 Å². The van der Waals surface area contributed by atoms with E-state index in [9.17, 15) is 4.79 Å². The fraction of sp³-hybridized carbons (Fsp3) is 0.0588. The monoisotopic (exact) mass is 337 g/mol. The van der Waals surface area contributed by atoms with E-state index >= 15 is 0 Å². The predicted molar refractivity (Wildman–Crippen MR) is 91.7 cm³/mol. The second kappa shape index (κ2) is 7.26. The third kappa shape index (κ3) is 4.20. The minimum atomic E-state index is -0.390. The summed E-state index contributed by atoms with van der Waals surface area (Å²) < 4.78 is 10.7. The van der Waals surface area contributed by atoms with E-state index in [-0.39, 0.29) is 5.69 Å². The zero-order valence-electron chi connectivity index (χ0n) is 13.3. The first kappa shape index (κ1) is 16.2. The number of aromatic nitrogens is 3. The van der Waals surface area contributed by atoms with Crippen LogP contribution in [0.2, 0.25) is 0 Å². The molecule has 0 saturated heterocycles. The number of hydrogen-bond acceptors (Lipinski definition) is 7. The van der Waals surface area contributed by atoms with Crippen LogP contribution in [0, 0.1) is 0 Å². The summed E-state index contributed by atoms with van der Waals surface area (Å²) in [6.07, 6.45) is 5.94. The normalized spacial score (nSPS) is 10.1. The van der Waals surface area contributed by atoms with Crippen molar-refractivity contribution in [1.82, 2.24) is 15.0 Å². The molecule has 3 aromatic rings. The Kier molecular flexibility index (Phi) is 4.70. The molecule has 0 spiro atoms. The SMILES string of the molecule is COc1ccnc(C(=O)Nc2cc(N)cc(Oc3cncnc3)c2)c1. The number of nitrogens with two attached hydrogens (primary N) is 1. The van der Waals surface area contributed by atoms with E-state index in [1.165, 1.54) is 32.0 Å². The number of nitrogens with zero attached hydrogens (tertiary/aromatic N) is 3. The van der Waals surface area contributed by atoms with Crippen molar-refractivity contribution in [2.75, 3.05) is 18.2 Å². The topological polar surface area (TPSA) is 112 Å². The molecule has 0 radical (unpaired) electrons. The number of rotatable bonds is 5. The van der Waals surface area contributed by atoms with Crippen LogP contribution in [-0.2, 0) is 0 Å². The predicted octanol–water partition coefficient (Wildman–Crippen LogP) is 2.51. The van der Waals surface area contributed by atoms with Gasteiger partial charge in [0, 0.05) is 35.8 Å². The summed E-state index contributed by atoms with van der Waals surface area (Å²) in [6, 6.07) is 8.09. The smallest absolute Gasteiger partial charge is 0.274 e. The number of carbonyl (C=O) groups is 1. The van der Waals surface area contributed by atoms with Crippen molar-refractivity contribution < 1.29 is 14.3 Å². The Morgan fingerprint density at radius 3 is 2.64 bits per heavy atom. The number of nitrogen functional groups attached to an aromatic ring is 1. The molecule has 0 bridgehead atoms. The van der Waals surface area contributed by atoms with Crippen LogP contribution >= 0.6 is 0 Å². The van der Waals surface area contributed by atoms with Gasteiger partial charge in [0.15, 0.2) is 5.75 Å². The second-order valence-electron chi connectivity index (χ2n) is 5.00. The van der Waals surface area contributed by atoms with Crippen LogP contribution in [0.3, 0.4) is 0 Å². The summed E-state index contributed by atoms with van der Waals surface area (Å²) in [7, 11) is 1.52. The van der Waals surface area contributed by atoms with E-state index in [1.54, 1.807) is 30.3 Å². The zero-order chi connectivity index (χ0) is 17.6. The minimum absolute atomic E-state index is 0.223.